The molecule has 0 N–H and O–H groups in total. The summed E-state index contributed by atoms with van der Waals surface area (Å²) in [6.07, 6.45) is 1.50. The smallest absolute Gasteiger partial charge is 0.268 e. The van der Waals surface area contributed by atoms with E-state index < -0.39 is 0 Å². The van der Waals surface area contributed by atoms with Crippen LogP contribution in [0, 0.1) is 0 Å². The molecule has 1 aromatic carbocycles. The van der Waals surface area contributed by atoms with Gasteiger partial charge in [0.2, 0.25) is 0 Å². The standard InChI is InChI=1S/C14H9ClN2O2/c15-11-6-2-1-4-9(11)8-17-13(18)10-5-3-7-16-12(10)14(17)19/h1-7H,8H2. The number of carbonyl (C=O) groups is 2. The highest BCUT2D eigenvalue weighted by Crippen LogP contribution is 2.24. The van der Waals surface area contributed by atoms with Crippen molar-refractivity contribution in [1.29, 1.82) is 0 Å². The third kappa shape index (κ3) is 1.90. The lowest BCUT2D eigenvalue weighted by molar-refractivity contribution is 0.0640. The summed E-state index contributed by atoms with van der Waals surface area (Å²) in [6, 6.07) is 10.4. The molecule has 2 aromatic rings. The Morgan fingerprint density at radius 1 is 1.05 bits per heavy atom. The number of rotatable bonds is 2. The number of aromatic nitrogens is 1. The molecule has 0 saturated carbocycles. The van der Waals surface area contributed by atoms with E-state index in [1.165, 1.54) is 11.1 Å². The van der Waals surface area contributed by atoms with Crippen LogP contribution in [0.5, 0.6) is 0 Å². The fourth-order valence-corrected chi connectivity index (χ4v) is 2.25. The number of imide groups is 1. The minimum absolute atomic E-state index is 0.160. The Balaban J connectivity index is 1.95. The van der Waals surface area contributed by atoms with Crippen LogP contribution in [0.4, 0.5) is 0 Å². The number of hydrogen-bond acceptors (Lipinski definition) is 3. The molecule has 0 unspecified atom stereocenters. The van der Waals surface area contributed by atoms with Gasteiger partial charge in [-0.05, 0) is 23.8 Å². The van der Waals surface area contributed by atoms with Crippen LogP contribution in [0.1, 0.15) is 26.4 Å². The van der Waals surface area contributed by atoms with E-state index in [2.05, 4.69) is 4.98 Å². The minimum atomic E-state index is -0.375. The molecule has 3 rings (SSSR count). The predicted octanol–water partition coefficient (Wildman–Crippen LogP) is 2.53. The maximum atomic E-state index is 12.1. The average molecular weight is 273 g/mol. The van der Waals surface area contributed by atoms with Crippen molar-refractivity contribution >= 4 is 23.4 Å². The van der Waals surface area contributed by atoms with Gasteiger partial charge in [-0.25, -0.2) is 0 Å². The Kier molecular flexibility index (Phi) is 2.80. The van der Waals surface area contributed by atoms with Crippen molar-refractivity contribution in [2.75, 3.05) is 0 Å². The predicted molar refractivity (Wildman–Crippen MR) is 69.9 cm³/mol. The summed E-state index contributed by atoms with van der Waals surface area (Å²) in [5.41, 5.74) is 1.29. The van der Waals surface area contributed by atoms with Crippen molar-refractivity contribution in [2.24, 2.45) is 0 Å². The van der Waals surface area contributed by atoms with Crippen molar-refractivity contribution in [3.8, 4) is 0 Å². The molecule has 2 amide bonds. The van der Waals surface area contributed by atoms with Gasteiger partial charge in [0.1, 0.15) is 5.69 Å². The third-order valence-electron chi connectivity index (χ3n) is 3.02. The molecular formula is C14H9ClN2O2. The van der Waals surface area contributed by atoms with Gasteiger partial charge in [0.25, 0.3) is 11.8 Å². The molecule has 1 aromatic heterocycles. The lowest BCUT2D eigenvalue weighted by Crippen LogP contribution is -2.29. The molecule has 0 aliphatic carbocycles. The summed E-state index contributed by atoms with van der Waals surface area (Å²) in [4.78, 5) is 29.4. The highest BCUT2D eigenvalue weighted by atomic mass is 35.5. The summed E-state index contributed by atoms with van der Waals surface area (Å²) < 4.78 is 0. The number of hydrogen-bond donors (Lipinski definition) is 0. The number of amides is 2. The van der Waals surface area contributed by atoms with Crippen LogP contribution in [0.25, 0.3) is 0 Å². The Labute approximate surface area is 114 Å². The molecule has 1 aliphatic heterocycles. The van der Waals surface area contributed by atoms with E-state index in [1.54, 1.807) is 30.3 Å². The monoisotopic (exact) mass is 272 g/mol. The lowest BCUT2D eigenvalue weighted by Gasteiger charge is -2.14. The molecule has 0 atom stereocenters. The van der Waals surface area contributed by atoms with Gasteiger partial charge in [-0.2, -0.15) is 0 Å². The first-order chi connectivity index (χ1) is 9.18. The van der Waals surface area contributed by atoms with Crippen molar-refractivity contribution in [3.05, 3.63) is 64.4 Å². The van der Waals surface area contributed by atoms with E-state index in [4.69, 9.17) is 11.6 Å². The molecule has 0 bridgehead atoms. The van der Waals surface area contributed by atoms with E-state index in [0.717, 1.165) is 5.56 Å². The third-order valence-corrected chi connectivity index (χ3v) is 3.39. The van der Waals surface area contributed by atoms with Crippen molar-refractivity contribution in [2.45, 2.75) is 6.54 Å². The molecule has 0 saturated heterocycles. The molecule has 0 radical (unpaired) electrons. The fraction of sp³-hybridized carbons (Fsp3) is 0.0714. The first kappa shape index (κ1) is 11.9. The van der Waals surface area contributed by atoms with E-state index in [9.17, 15) is 9.59 Å². The molecule has 94 valence electrons. The van der Waals surface area contributed by atoms with Crippen LogP contribution < -0.4 is 0 Å². The molecule has 4 nitrogen and oxygen atoms in total. The van der Waals surface area contributed by atoms with E-state index >= 15 is 0 Å². The highest BCUT2D eigenvalue weighted by Gasteiger charge is 2.36. The number of pyridine rings is 1. The summed E-state index contributed by atoms with van der Waals surface area (Å²) in [5, 5.41) is 0.534. The second-order valence-corrected chi connectivity index (χ2v) is 4.59. The van der Waals surface area contributed by atoms with Crippen LogP contribution in [0.3, 0.4) is 0 Å². The summed E-state index contributed by atoms with van der Waals surface area (Å²) in [5.74, 6) is -0.700. The molecule has 5 heteroatoms. The van der Waals surface area contributed by atoms with Gasteiger partial charge in [-0.15, -0.1) is 0 Å². The lowest BCUT2D eigenvalue weighted by atomic mass is 10.2. The minimum Gasteiger partial charge on any atom is -0.268 e. The summed E-state index contributed by atoms with van der Waals surface area (Å²) in [7, 11) is 0. The van der Waals surface area contributed by atoms with E-state index in [0.29, 0.717) is 10.6 Å². The Hall–Kier alpha value is -2.20. The number of nitrogens with zero attached hydrogens (tertiary/aromatic N) is 2. The van der Waals surface area contributed by atoms with Gasteiger partial charge in [0, 0.05) is 11.2 Å². The number of carbonyl (C=O) groups excluding carboxylic acids is 2. The molecule has 19 heavy (non-hydrogen) atoms. The Bertz CT molecular complexity index is 650. The zero-order chi connectivity index (χ0) is 13.4. The maximum Gasteiger partial charge on any atom is 0.280 e. The van der Waals surface area contributed by atoms with Gasteiger partial charge in [-0.1, -0.05) is 29.8 Å². The second-order valence-electron chi connectivity index (χ2n) is 4.19. The van der Waals surface area contributed by atoms with Crippen molar-refractivity contribution in [3.63, 3.8) is 0 Å². The van der Waals surface area contributed by atoms with E-state index in [1.807, 2.05) is 6.07 Å². The Morgan fingerprint density at radius 2 is 1.84 bits per heavy atom. The molecule has 2 heterocycles. The normalized spacial score (nSPS) is 13.8. The van der Waals surface area contributed by atoms with Crippen molar-refractivity contribution < 1.29 is 9.59 Å². The number of halogens is 1. The summed E-state index contributed by atoms with van der Waals surface area (Å²) >= 11 is 6.04. The zero-order valence-corrected chi connectivity index (χ0v) is 10.6. The van der Waals surface area contributed by atoms with Gasteiger partial charge in [0.15, 0.2) is 0 Å². The van der Waals surface area contributed by atoms with Crippen molar-refractivity contribution in [1.82, 2.24) is 9.88 Å². The summed E-state index contributed by atoms with van der Waals surface area (Å²) in [6.45, 7) is 0.160. The molecule has 1 aliphatic rings. The second kappa shape index (κ2) is 4.48. The first-order valence-corrected chi connectivity index (χ1v) is 6.11. The van der Waals surface area contributed by atoms with E-state index in [-0.39, 0.29) is 24.1 Å². The van der Waals surface area contributed by atoms with Crippen LogP contribution in [0.2, 0.25) is 5.02 Å². The largest absolute Gasteiger partial charge is 0.280 e. The average Bonchev–Trinajstić information content (AvgIpc) is 2.67. The quantitative estimate of drug-likeness (QED) is 0.790. The van der Waals surface area contributed by atoms with Gasteiger partial charge in [0.05, 0.1) is 12.1 Å². The molecule has 0 fully saturated rings. The first-order valence-electron chi connectivity index (χ1n) is 5.73. The van der Waals surface area contributed by atoms with Gasteiger partial charge >= 0.3 is 0 Å². The van der Waals surface area contributed by atoms with Crippen LogP contribution >= 0.6 is 11.6 Å². The van der Waals surface area contributed by atoms with Crippen LogP contribution in [-0.2, 0) is 6.54 Å². The number of fused-ring (bicyclic) bond motifs is 1. The SMILES string of the molecule is O=C1c2cccnc2C(=O)N1Cc1ccccc1Cl. The van der Waals surface area contributed by atoms with Crippen LogP contribution in [-0.4, -0.2) is 21.7 Å². The van der Waals surface area contributed by atoms with Gasteiger partial charge < -0.3 is 0 Å². The zero-order valence-electron chi connectivity index (χ0n) is 9.84. The number of benzene rings is 1. The fourth-order valence-electron chi connectivity index (χ4n) is 2.05. The molecular weight excluding hydrogens is 264 g/mol. The highest BCUT2D eigenvalue weighted by molar-refractivity contribution is 6.31. The Morgan fingerprint density at radius 3 is 2.58 bits per heavy atom. The topological polar surface area (TPSA) is 50.3 Å². The van der Waals surface area contributed by atoms with Crippen LogP contribution in [0.15, 0.2) is 42.6 Å². The molecule has 0 spiro atoms. The maximum absolute atomic E-state index is 12.1. The van der Waals surface area contributed by atoms with Gasteiger partial charge in [-0.3, -0.25) is 19.5 Å².